The molecule has 1 fully saturated rings. The smallest absolute Gasteiger partial charge is 0.226 e. The van der Waals surface area contributed by atoms with E-state index >= 15 is 0 Å². The van der Waals surface area contributed by atoms with E-state index in [1.807, 2.05) is 0 Å². The summed E-state index contributed by atoms with van der Waals surface area (Å²) in [5, 5.41) is 28.8. The predicted molar refractivity (Wildman–Crippen MR) is 71.4 cm³/mol. The van der Waals surface area contributed by atoms with E-state index in [2.05, 4.69) is 15.0 Å². The van der Waals surface area contributed by atoms with E-state index in [0.717, 1.165) is 0 Å². The molecule has 21 heavy (non-hydrogen) atoms. The number of hydrogen-bond acceptors (Lipinski definition) is 8. The maximum Gasteiger partial charge on any atom is 0.226 e. The molecular weight excluding hydrogens is 306 g/mol. The zero-order chi connectivity index (χ0) is 14.4. The molecule has 2 aromatic rings. The first kappa shape index (κ1) is 15.8. The molecule has 2 aromatic heterocycles. The Morgan fingerprint density at radius 1 is 1.33 bits per heavy atom. The van der Waals surface area contributed by atoms with Gasteiger partial charge in [-0.1, -0.05) is 0 Å². The van der Waals surface area contributed by atoms with Crippen LogP contribution in [0.2, 0.25) is 5.28 Å². The minimum Gasteiger partial charge on any atom is -0.412 e. The molecule has 1 aliphatic heterocycles. The number of imidazole rings is 1. The van der Waals surface area contributed by atoms with E-state index in [-0.39, 0.29) is 22.2 Å². The van der Waals surface area contributed by atoms with E-state index in [0.29, 0.717) is 5.52 Å². The fraction of sp³-hybridized carbons (Fsp3) is 0.500. The fourth-order valence-electron chi connectivity index (χ4n) is 2.21. The van der Waals surface area contributed by atoms with Gasteiger partial charge in [0.1, 0.15) is 23.8 Å². The molecule has 1 aliphatic rings. The third-order valence-electron chi connectivity index (χ3n) is 3.21. The number of ether oxygens (including phenoxy) is 1. The summed E-state index contributed by atoms with van der Waals surface area (Å²) in [5.74, 6) is 0.102. The summed E-state index contributed by atoms with van der Waals surface area (Å²) in [7, 11) is 0. The Kier molecular flexibility index (Phi) is 4.27. The van der Waals surface area contributed by atoms with Crippen molar-refractivity contribution in [1.29, 1.82) is 0 Å². The van der Waals surface area contributed by atoms with Crippen molar-refractivity contribution in [2.75, 3.05) is 12.3 Å². The molecule has 0 aliphatic carbocycles. The second-order valence-corrected chi connectivity index (χ2v) is 4.77. The van der Waals surface area contributed by atoms with Gasteiger partial charge in [-0.3, -0.25) is 4.57 Å². The lowest BCUT2D eigenvalue weighted by molar-refractivity contribution is -0.0511. The molecule has 3 heterocycles. The number of anilines is 1. The molecular formula is C10H14ClN5O5. The Balaban J connectivity index is 0.00000161. The zero-order valence-corrected chi connectivity index (χ0v) is 11.3. The quantitative estimate of drug-likeness (QED) is 0.453. The SMILES string of the molecule is Nc1nc(Cl)nc2c1ncn2[C@@H]1O[C@H](CO)[C@@H](O)[C@H]1O.O. The van der Waals surface area contributed by atoms with E-state index < -0.39 is 31.1 Å². The molecule has 10 nitrogen and oxygen atoms in total. The van der Waals surface area contributed by atoms with Gasteiger partial charge in [-0.2, -0.15) is 9.97 Å². The minimum atomic E-state index is -1.24. The maximum absolute atomic E-state index is 9.99. The number of aliphatic hydroxyl groups is 3. The number of rotatable bonds is 2. The summed E-state index contributed by atoms with van der Waals surface area (Å²) in [6.07, 6.45) is -2.93. The highest BCUT2D eigenvalue weighted by molar-refractivity contribution is 6.28. The third kappa shape index (κ3) is 2.41. The van der Waals surface area contributed by atoms with Gasteiger partial charge in [0, 0.05) is 0 Å². The molecule has 3 rings (SSSR count). The Morgan fingerprint density at radius 3 is 2.67 bits per heavy atom. The number of aromatic nitrogens is 4. The van der Waals surface area contributed by atoms with Crippen molar-refractivity contribution < 1.29 is 25.5 Å². The molecule has 7 N–H and O–H groups in total. The second-order valence-electron chi connectivity index (χ2n) is 4.43. The van der Waals surface area contributed by atoms with Crippen LogP contribution >= 0.6 is 11.6 Å². The largest absolute Gasteiger partial charge is 0.412 e. The van der Waals surface area contributed by atoms with Crippen molar-refractivity contribution in [2.45, 2.75) is 24.5 Å². The van der Waals surface area contributed by atoms with Gasteiger partial charge in [0.15, 0.2) is 17.7 Å². The molecule has 0 amide bonds. The Bertz CT molecular complexity index is 652. The van der Waals surface area contributed by atoms with Crippen molar-refractivity contribution in [3.8, 4) is 0 Å². The number of nitrogens with two attached hydrogens (primary N) is 1. The van der Waals surface area contributed by atoms with Crippen molar-refractivity contribution >= 4 is 28.6 Å². The summed E-state index contributed by atoms with van der Waals surface area (Å²) >= 11 is 5.74. The van der Waals surface area contributed by atoms with Crippen LogP contribution in [0, 0.1) is 0 Å². The molecule has 0 spiro atoms. The summed E-state index contributed by atoms with van der Waals surface area (Å²) in [4.78, 5) is 11.8. The van der Waals surface area contributed by atoms with Crippen LogP contribution in [-0.4, -0.2) is 65.2 Å². The highest BCUT2D eigenvalue weighted by Gasteiger charge is 2.44. The van der Waals surface area contributed by atoms with Crippen molar-refractivity contribution in [2.24, 2.45) is 0 Å². The van der Waals surface area contributed by atoms with Crippen molar-refractivity contribution in [3.05, 3.63) is 11.6 Å². The predicted octanol–water partition coefficient (Wildman–Crippen LogP) is -2.15. The molecule has 0 unspecified atom stereocenters. The molecule has 0 aromatic carbocycles. The molecule has 0 radical (unpaired) electrons. The molecule has 11 heteroatoms. The number of aliphatic hydroxyl groups excluding tert-OH is 3. The topological polar surface area (TPSA) is 171 Å². The fourth-order valence-corrected chi connectivity index (χ4v) is 2.38. The average Bonchev–Trinajstić information content (AvgIpc) is 2.93. The van der Waals surface area contributed by atoms with Crippen LogP contribution in [0.1, 0.15) is 6.23 Å². The van der Waals surface area contributed by atoms with Crippen LogP contribution in [0.15, 0.2) is 6.33 Å². The van der Waals surface area contributed by atoms with Gasteiger partial charge >= 0.3 is 0 Å². The first-order valence-corrected chi connectivity index (χ1v) is 6.18. The molecule has 0 bridgehead atoms. The first-order valence-electron chi connectivity index (χ1n) is 5.81. The highest BCUT2D eigenvalue weighted by Crippen LogP contribution is 2.32. The number of fused-ring (bicyclic) bond motifs is 1. The van der Waals surface area contributed by atoms with Gasteiger partial charge in [0.25, 0.3) is 0 Å². The number of nitrogen functional groups attached to an aromatic ring is 1. The third-order valence-corrected chi connectivity index (χ3v) is 3.38. The van der Waals surface area contributed by atoms with Crippen LogP contribution < -0.4 is 5.73 Å². The van der Waals surface area contributed by atoms with Crippen LogP contribution in [0.4, 0.5) is 5.82 Å². The Labute approximate surface area is 123 Å². The van der Waals surface area contributed by atoms with Gasteiger partial charge in [-0.05, 0) is 11.6 Å². The average molecular weight is 320 g/mol. The van der Waals surface area contributed by atoms with Crippen LogP contribution in [-0.2, 0) is 4.74 Å². The summed E-state index contributed by atoms with van der Waals surface area (Å²) < 4.78 is 6.79. The lowest BCUT2D eigenvalue weighted by Gasteiger charge is -2.16. The number of hydrogen-bond donors (Lipinski definition) is 4. The maximum atomic E-state index is 9.99. The number of nitrogens with zero attached hydrogens (tertiary/aromatic N) is 4. The normalized spacial score (nSPS) is 28.8. The lowest BCUT2D eigenvalue weighted by Crippen LogP contribution is -2.33. The van der Waals surface area contributed by atoms with Crippen LogP contribution in [0.5, 0.6) is 0 Å². The Morgan fingerprint density at radius 2 is 2.05 bits per heavy atom. The highest BCUT2D eigenvalue weighted by atomic mass is 35.5. The van der Waals surface area contributed by atoms with Crippen LogP contribution in [0.25, 0.3) is 11.2 Å². The van der Waals surface area contributed by atoms with E-state index in [1.54, 1.807) is 0 Å². The monoisotopic (exact) mass is 319 g/mol. The molecule has 116 valence electrons. The lowest BCUT2D eigenvalue weighted by atomic mass is 10.1. The number of halogens is 1. The van der Waals surface area contributed by atoms with Gasteiger partial charge < -0.3 is 31.3 Å². The summed E-state index contributed by atoms with van der Waals surface area (Å²) in [6, 6.07) is 0. The zero-order valence-electron chi connectivity index (χ0n) is 10.6. The van der Waals surface area contributed by atoms with Crippen molar-refractivity contribution in [1.82, 2.24) is 19.5 Å². The van der Waals surface area contributed by atoms with E-state index in [4.69, 9.17) is 27.2 Å². The molecule has 0 saturated carbocycles. The first-order chi connectivity index (χ1) is 9.52. The summed E-state index contributed by atoms with van der Waals surface area (Å²) in [5.41, 5.74) is 6.27. The Hall–Kier alpha value is -1.56. The minimum absolute atomic E-state index is 0. The van der Waals surface area contributed by atoms with Gasteiger partial charge in [-0.15, -0.1) is 0 Å². The standard InChI is InChI=1S/C10H12ClN5O4.H2O/c11-10-14-7(12)4-8(15-10)16(2-13-4)9-6(19)5(18)3(1-17)20-9;/h2-3,5-6,9,17-19H,1H2,(H2,12,14,15);1H2/t3-,5-,6-,9-;/m1./s1. The molecule has 4 atom stereocenters. The van der Waals surface area contributed by atoms with Crippen LogP contribution in [0.3, 0.4) is 0 Å². The van der Waals surface area contributed by atoms with Gasteiger partial charge in [-0.25, -0.2) is 4.98 Å². The second kappa shape index (κ2) is 5.67. The van der Waals surface area contributed by atoms with Crippen molar-refractivity contribution in [3.63, 3.8) is 0 Å². The van der Waals surface area contributed by atoms with E-state index in [1.165, 1.54) is 10.9 Å². The van der Waals surface area contributed by atoms with Gasteiger partial charge in [0.05, 0.1) is 12.9 Å². The molecule has 1 saturated heterocycles. The van der Waals surface area contributed by atoms with Gasteiger partial charge in [0.2, 0.25) is 5.28 Å². The summed E-state index contributed by atoms with van der Waals surface area (Å²) in [6.45, 7) is -0.417. The van der Waals surface area contributed by atoms with E-state index in [9.17, 15) is 10.2 Å².